The number of nitrogens with zero attached hydrogens (tertiary/aromatic N) is 1. The van der Waals surface area contributed by atoms with Crippen LogP contribution in [0.1, 0.15) is 19.5 Å². The maximum atomic E-state index is 12.3. The van der Waals surface area contributed by atoms with E-state index in [0.717, 1.165) is 5.69 Å². The summed E-state index contributed by atoms with van der Waals surface area (Å²) in [5, 5.41) is 0.568. The van der Waals surface area contributed by atoms with Crippen molar-refractivity contribution in [1.29, 1.82) is 0 Å². The molecule has 15 heavy (non-hydrogen) atoms. The molecule has 5 heteroatoms. The Kier molecular flexibility index (Phi) is 4.45. The smallest absolute Gasteiger partial charge is 0.305 e. The van der Waals surface area contributed by atoms with E-state index in [1.807, 2.05) is 6.92 Å². The summed E-state index contributed by atoms with van der Waals surface area (Å²) in [6, 6.07) is 3.39. The van der Waals surface area contributed by atoms with Gasteiger partial charge in [0.1, 0.15) is 0 Å². The van der Waals surface area contributed by atoms with E-state index in [1.54, 1.807) is 32.2 Å². The highest BCUT2D eigenvalue weighted by atomic mass is 31.2. The quantitative estimate of drug-likeness (QED) is 0.727. The molecule has 1 aromatic rings. The van der Waals surface area contributed by atoms with Crippen molar-refractivity contribution in [2.24, 2.45) is 0 Å². The third-order valence-corrected chi connectivity index (χ3v) is 3.90. The Balaban J connectivity index is 3.03. The zero-order valence-electron chi connectivity index (χ0n) is 9.27. The van der Waals surface area contributed by atoms with Crippen LogP contribution in [0.25, 0.3) is 0 Å². The van der Waals surface area contributed by atoms with E-state index in [9.17, 15) is 4.57 Å². The second kappa shape index (κ2) is 5.40. The van der Waals surface area contributed by atoms with Gasteiger partial charge in [-0.3, -0.25) is 9.55 Å². The van der Waals surface area contributed by atoms with Crippen LogP contribution in [-0.4, -0.2) is 18.2 Å². The molecule has 0 aliphatic carbocycles. The molecule has 0 fully saturated rings. The van der Waals surface area contributed by atoms with Crippen LogP contribution in [0.3, 0.4) is 0 Å². The summed E-state index contributed by atoms with van der Waals surface area (Å²) in [4.78, 5) is 4.04. The fraction of sp³-hybridized carbons (Fsp3) is 0.500. The third-order valence-electron chi connectivity index (χ3n) is 1.79. The van der Waals surface area contributed by atoms with Crippen molar-refractivity contribution in [2.75, 3.05) is 13.2 Å². The largest absolute Gasteiger partial charge is 0.361 e. The lowest BCUT2D eigenvalue weighted by Crippen LogP contribution is -2.11. The Hall–Kier alpha value is -0.700. The van der Waals surface area contributed by atoms with E-state index in [1.165, 1.54) is 0 Å². The average Bonchev–Trinajstić information content (AvgIpc) is 2.18. The van der Waals surface area contributed by atoms with E-state index in [4.69, 9.17) is 9.05 Å². The third kappa shape index (κ3) is 3.13. The minimum absolute atomic E-state index is 0.360. The molecule has 0 bridgehead atoms. The van der Waals surface area contributed by atoms with E-state index in [2.05, 4.69) is 4.98 Å². The summed E-state index contributed by atoms with van der Waals surface area (Å²) in [5.41, 5.74) is 0.798. The second-order valence-corrected chi connectivity index (χ2v) is 5.02. The molecule has 0 aliphatic rings. The molecular weight excluding hydrogens is 213 g/mol. The van der Waals surface area contributed by atoms with Gasteiger partial charge in [0.2, 0.25) is 0 Å². The minimum Gasteiger partial charge on any atom is -0.305 e. The average molecular weight is 229 g/mol. The molecule has 0 spiro atoms. The predicted octanol–water partition coefficient (Wildman–Crippen LogP) is 2.28. The minimum atomic E-state index is -3.14. The van der Waals surface area contributed by atoms with Gasteiger partial charge in [0, 0.05) is 11.9 Å². The number of hydrogen-bond acceptors (Lipinski definition) is 4. The number of aryl methyl sites for hydroxylation is 1. The van der Waals surface area contributed by atoms with Gasteiger partial charge < -0.3 is 9.05 Å². The monoisotopic (exact) mass is 229 g/mol. The van der Waals surface area contributed by atoms with Crippen LogP contribution in [0.15, 0.2) is 18.3 Å². The van der Waals surface area contributed by atoms with Crippen molar-refractivity contribution < 1.29 is 13.6 Å². The Morgan fingerprint density at radius 2 is 1.93 bits per heavy atom. The lowest BCUT2D eigenvalue weighted by molar-refractivity contribution is 0.230. The van der Waals surface area contributed by atoms with Crippen molar-refractivity contribution in [3.63, 3.8) is 0 Å². The molecule has 0 atom stereocenters. The van der Waals surface area contributed by atoms with Gasteiger partial charge in [0.05, 0.1) is 18.5 Å². The highest BCUT2D eigenvalue weighted by molar-refractivity contribution is 7.62. The molecule has 0 amide bonds. The standard InChI is InChI=1S/C10H16NO3P/c1-4-13-15(12,14-5-2)10-6-7-11-9(3)8-10/h6-8H,4-5H2,1-3H3. The van der Waals surface area contributed by atoms with Gasteiger partial charge in [-0.25, -0.2) is 0 Å². The van der Waals surface area contributed by atoms with Crippen molar-refractivity contribution in [3.8, 4) is 0 Å². The number of hydrogen-bond donors (Lipinski definition) is 0. The summed E-state index contributed by atoms with van der Waals surface area (Å²) in [7, 11) is -3.14. The van der Waals surface area contributed by atoms with Crippen molar-refractivity contribution in [2.45, 2.75) is 20.8 Å². The molecule has 4 nitrogen and oxygen atoms in total. The Bertz CT molecular complexity index is 357. The van der Waals surface area contributed by atoms with Crippen molar-refractivity contribution in [3.05, 3.63) is 24.0 Å². The molecule has 0 saturated heterocycles. The number of pyridine rings is 1. The van der Waals surface area contributed by atoms with Crippen LogP contribution in [0.5, 0.6) is 0 Å². The SMILES string of the molecule is CCOP(=O)(OCC)c1ccnc(C)c1. The Morgan fingerprint density at radius 3 is 2.40 bits per heavy atom. The van der Waals surface area contributed by atoms with Crippen LogP contribution in [-0.2, 0) is 13.6 Å². The van der Waals surface area contributed by atoms with Crippen molar-refractivity contribution in [1.82, 2.24) is 4.98 Å². The summed E-state index contributed by atoms with van der Waals surface area (Å²) < 4.78 is 22.7. The van der Waals surface area contributed by atoms with Gasteiger partial charge in [0.25, 0.3) is 0 Å². The predicted molar refractivity (Wildman–Crippen MR) is 59.5 cm³/mol. The molecule has 0 saturated carbocycles. The summed E-state index contributed by atoms with van der Waals surface area (Å²) in [6.45, 7) is 6.14. The first kappa shape index (κ1) is 12.4. The van der Waals surface area contributed by atoms with Crippen molar-refractivity contribution >= 4 is 12.9 Å². The fourth-order valence-corrected chi connectivity index (χ4v) is 2.87. The van der Waals surface area contributed by atoms with Crippen LogP contribution >= 0.6 is 7.60 Å². The van der Waals surface area contributed by atoms with Gasteiger partial charge in [0.15, 0.2) is 0 Å². The van der Waals surface area contributed by atoms with Crippen LogP contribution < -0.4 is 5.30 Å². The molecule has 0 unspecified atom stereocenters. The molecule has 84 valence electrons. The van der Waals surface area contributed by atoms with E-state index >= 15 is 0 Å². The first-order valence-corrected chi connectivity index (χ1v) is 6.49. The normalized spacial score (nSPS) is 11.7. The van der Waals surface area contributed by atoms with E-state index in [-0.39, 0.29) is 0 Å². The van der Waals surface area contributed by atoms with Crippen LogP contribution in [0.4, 0.5) is 0 Å². The topological polar surface area (TPSA) is 48.4 Å². The molecule has 1 aromatic heterocycles. The zero-order chi connectivity index (χ0) is 11.3. The molecular formula is C10H16NO3P. The van der Waals surface area contributed by atoms with Gasteiger partial charge in [-0.05, 0) is 32.9 Å². The van der Waals surface area contributed by atoms with E-state index < -0.39 is 7.60 Å². The molecule has 1 rings (SSSR count). The fourth-order valence-electron chi connectivity index (χ4n) is 1.23. The molecule has 0 N–H and O–H groups in total. The van der Waals surface area contributed by atoms with Gasteiger partial charge in [-0.1, -0.05) is 0 Å². The molecule has 0 aliphatic heterocycles. The van der Waals surface area contributed by atoms with Crippen LogP contribution in [0.2, 0.25) is 0 Å². The summed E-state index contributed by atoms with van der Waals surface area (Å²) in [6.07, 6.45) is 1.61. The lowest BCUT2D eigenvalue weighted by Gasteiger charge is -2.16. The van der Waals surface area contributed by atoms with Gasteiger partial charge in [-0.2, -0.15) is 0 Å². The highest BCUT2D eigenvalue weighted by Crippen LogP contribution is 2.46. The van der Waals surface area contributed by atoms with Gasteiger partial charge >= 0.3 is 7.60 Å². The van der Waals surface area contributed by atoms with Crippen LogP contribution in [0, 0.1) is 6.92 Å². The first-order chi connectivity index (χ1) is 7.12. The Labute approximate surface area is 90.2 Å². The summed E-state index contributed by atoms with van der Waals surface area (Å²) >= 11 is 0. The second-order valence-electron chi connectivity index (χ2n) is 2.99. The number of rotatable bonds is 5. The maximum Gasteiger partial charge on any atom is 0.361 e. The number of aromatic nitrogens is 1. The highest BCUT2D eigenvalue weighted by Gasteiger charge is 2.26. The molecule has 0 radical (unpaired) electrons. The van der Waals surface area contributed by atoms with E-state index in [0.29, 0.717) is 18.5 Å². The van der Waals surface area contributed by atoms with Gasteiger partial charge in [-0.15, -0.1) is 0 Å². The molecule has 0 aromatic carbocycles. The maximum absolute atomic E-state index is 12.3. The first-order valence-electron chi connectivity index (χ1n) is 4.94. The molecule has 1 heterocycles. The zero-order valence-corrected chi connectivity index (χ0v) is 10.2. The Morgan fingerprint density at radius 1 is 1.33 bits per heavy atom. The summed E-state index contributed by atoms with van der Waals surface area (Å²) in [5.74, 6) is 0. The lowest BCUT2D eigenvalue weighted by atomic mass is 10.4.